The topological polar surface area (TPSA) is 9.72 Å². The summed E-state index contributed by atoms with van der Waals surface area (Å²) in [4.78, 5) is 7.28. The Morgan fingerprint density at radius 3 is 2.44 bits per heavy atom. The van der Waals surface area contributed by atoms with Crippen molar-refractivity contribution in [1.82, 2.24) is 9.80 Å². The van der Waals surface area contributed by atoms with Crippen molar-refractivity contribution in [1.29, 1.82) is 0 Å². The maximum absolute atomic E-state index is 2.53. The standard InChI is InChI=1S/C15H25N3/c1-4-16(2)13-14-7-5-6-8-15(14)18-11-9-17(3)10-12-18/h5-8H,4,9-13H2,1-3H3. The summed E-state index contributed by atoms with van der Waals surface area (Å²) >= 11 is 0. The number of nitrogens with zero attached hydrogens (tertiary/aromatic N) is 3. The number of likely N-dealkylation sites (N-methyl/N-ethyl adjacent to an activating group) is 1. The lowest BCUT2D eigenvalue weighted by atomic mass is 10.1. The Balaban J connectivity index is 2.11. The van der Waals surface area contributed by atoms with E-state index in [9.17, 15) is 0 Å². The molecule has 2 rings (SSSR count). The summed E-state index contributed by atoms with van der Waals surface area (Å²) in [6.45, 7) is 8.96. The second kappa shape index (κ2) is 6.21. The number of anilines is 1. The second-order valence-electron chi connectivity index (χ2n) is 5.25. The average Bonchev–Trinajstić information content (AvgIpc) is 2.40. The van der Waals surface area contributed by atoms with Crippen LogP contribution in [0.5, 0.6) is 0 Å². The average molecular weight is 247 g/mol. The number of benzene rings is 1. The van der Waals surface area contributed by atoms with Gasteiger partial charge >= 0.3 is 0 Å². The summed E-state index contributed by atoms with van der Waals surface area (Å²) in [7, 11) is 4.38. The van der Waals surface area contributed by atoms with Gasteiger partial charge in [0.2, 0.25) is 0 Å². The first-order valence-electron chi connectivity index (χ1n) is 6.90. The largest absolute Gasteiger partial charge is 0.369 e. The Hall–Kier alpha value is -1.06. The lowest BCUT2D eigenvalue weighted by Crippen LogP contribution is -2.44. The van der Waals surface area contributed by atoms with Crippen LogP contribution in [0.3, 0.4) is 0 Å². The van der Waals surface area contributed by atoms with Crippen LogP contribution in [-0.2, 0) is 6.54 Å². The molecule has 1 aromatic carbocycles. The van der Waals surface area contributed by atoms with Crippen molar-refractivity contribution in [3.63, 3.8) is 0 Å². The van der Waals surface area contributed by atoms with Gasteiger partial charge in [-0.05, 0) is 32.3 Å². The summed E-state index contributed by atoms with van der Waals surface area (Å²) in [5.74, 6) is 0. The highest BCUT2D eigenvalue weighted by atomic mass is 15.2. The first-order chi connectivity index (χ1) is 8.70. The van der Waals surface area contributed by atoms with E-state index in [1.54, 1.807) is 0 Å². The molecular weight excluding hydrogens is 222 g/mol. The molecule has 0 aliphatic carbocycles. The van der Waals surface area contributed by atoms with Gasteiger partial charge in [-0.1, -0.05) is 25.1 Å². The van der Waals surface area contributed by atoms with Crippen LogP contribution in [0.2, 0.25) is 0 Å². The summed E-state index contributed by atoms with van der Waals surface area (Å²) in [6, 6.07) is 8.84. The fourth-order valence-electron chi connectivity index (χ4n) is 2.40. The Labute approximate surface area is 111 Å². The highest BCUT2D eigenvalue weighted by Crippen LogP contribution is 2.22. The Morgan fingerprint density at radius 1 is 1.11 bits per heavy atom. The van der Waals surface area contributed by atoms with E-state index in [0.717, 1.165) is 39.3 Å². The SMILES string of the molecule is CCN(C)Cc1ccccc1N1CCN(C)CC1. The van der Waals surface area contributed by atoms with Crippen LogP contribution in [0.25, 0.3) is 0 Å². The smallest absolute Gasteiger partial charge is 0.0412 e. The first kappa shape index (κ1) is 13.4. The van der Waals surface area contributed by atoms with Gasteiger partial charge in [0.25, 0.3) is 0 Å². The van der Waals surface area contributed by atoms with Crippen LogP contribution in [0.4, 0.5) is 5.69 Å². The zero-order chi connectivity index (χ0) is 13.0. The predicted molar refractivity (Wildman–Crippen MR) is 78.2 cm³/mol. The van der Waals surface area contributed by atoms with Crippen molar-refractivity contribution >= 4 is 5.69 Å². The molecule has 1 heterocycles. The molecule has 100 valence electrons. The van der Waals surface area contributed by atoms with Gasteiger partial charge in [-0.15, -0.1) is 0 Å². The van der Waals surface area contributed by atoms with E-state index in [-0.39, 0.29) is 0 Å². The van der Waals surface area contributed by atoms with Crippen LogP contribution < -0.4 is 4.90 Å². The van der Waals surface area contributed by atoms with E-state index in [1.807, 2.05) is 0 Å². The highest BCUT2D eigenvalue weighted by Gasteiger charge is 2.16. The van der Waals surface area contributed by atoms with Crippen molar-refractivity contribution in [2.75, 3.05) is 51.7 Å². The molecule has 0 atom stereocenters. The molecule has 1 fully saturated rings. The normalized spacial score (nSPS) is 17.4. The molecule has 0 unspecified atom stereocenters. The lowest BCUT2D eigenvalue weighted by molar-refractivity contribution is 0.311. The van der Waals surface area contributed by atoms with Gasteiger partial charge in [0, 0.05) is 38.4 Å². The molecule has 0 radical (unpaired) electrons. The monoisotopic (exact) mass is 247 g/mol. The van der Waals surface area contributed by atoms with Crippen LogP contribution in [-0.4, -0.2) is 56.6 Å². The van der Waals surface area contributed by atoms with Gasteiger partial charge in [0.1, 0.15) is 0 Å². The number of para-hydroxylation sites is 1. The molecule has 0 amide bonds. The van der Waals surface area contributed by atoms with E-state index in [1.165, 1.54) is 11.3 Å². The molecule has 3 nitrogen and oxygen atoms in total. The van der Waals surface area contributed by atoms with Gasteiger partial charge in [-0.2, -0.15) is 0 Å². The van der Waals surface area contributed by atoms with Crippen LogP contribution in [0.1, 0.15) is 12.5 Å². The molecule has 0 saturated carbocycles. The van der Waals surface area contributed by atoms with Crippen molar-refractivity contribution in [2.45, 2.75) is 13.5 Å². The van der Waals surface area contributed by atoms with Gasteiger partial charge in [-0.3, -0.25) is 0 Å². The predicted octanol–water partition coefficient (Wildman–Crippen LogP) is 1.89. The second-order valence-corrected chi connectivity index (χ2v) is 5.25. The minimum Gasteiger partial charge on any atom is -0.369 e. The Bertz CT molecular complexity index is 370. The summed E-state index contributed by atoms with van der Waals surface area (Å²) < 4.78 is 0. The van der Waals surface area contributed by atoms with Crippen molar-refractivity contribution in [3.05, 3.63) is 29.8 Å². The quantitative estimate of drug-likeness (QED) is 0.804. The number of rotatable bonds is 4. The number of hydrogen-bond donors (Lipinski definition) is 0. The third-order valence-corrected chi connectivity index (χ3v) is 3.82. The summed E-state index contributed by atoms with van der Waals surface area (Å²) in [5, 5.41) is 0. The highest BCUT2D eigenvalue weighted by molar-refractivity contribution is 5.54. The third kappa shape index (κ3) is 3.24. The number of hydrogen-bond acceptors (Lipinski definition) is 3. The zero-order valence-corrected chi connectivity index (χ0v) is 11.9. The molecule has 1 aliphatic heterocycles. The fraction of sp³-hybridized carbons (Fsp3) is 0.600. The van der Waals surface area contributed by atoms with Gasteiger partial charge in [0.05, 0.1) is 0 Å². The summed E-state index contributed by atoms with van der Waals surface area (Å²) in [6.07, 6.45) is 0. The van der Waals surface area contributed by atoms with Gasteiger partial charge < -0.3 is 14.7 Å². The van der Waals surface area contributed by atoms with Gasteiger partial charge in [0.15, 0.2) is 0 Å². The lowest BCUT2D eigenvalue weighted by Gasteiger charge is -2.35. The Kier molecular flexibility index (Phi) is 4.61. The molecule has 3 heteroatoms. The first-order valence-corrected chi connectivity index (χ1v) is 6.90. The van der Waals surface area contributed by atoms with Crippen molar-refractivity contribution in [2.24, 2.45) is 0 Å². The third-order valence-electron chi connectivity index (χ3n) is 3.82. The van der Waals surface area contributed by atoms with Gasteiger partial charge in [-0.25, -0.2) is 0 Å². The molecule has 0 spiro atoms. The van der Waals surface area contributed by atoms with E-state index < -0.39 is 0 Å². The Morgan fingerprint density at radius 2 is 1.78 bits per heavy atom. The molecule has 0 bridgehead atoms. The van der Waals surface area contributed by atoms with Crippen LogP contribution in [0.15, 0.2) is 24.3 Å². The molecule has 1 saturated heterocycles. The molecule has 1 aromatic rings. The maximum atomic E-state index is 2.53. The van der Waals surface area contributed by atoms with Crippen LogP contribution >= 0.6 is 0 Å². The summed E-state index contributed by atoms with van der Waals surface area (Å²) in [5.41, 5.74) is 2.87. The molecule has 18 heavy (non-hydrogen) atoms. The van der Waals surface area contributed by atoms with Crippen LogP contribution in [0, 0.1) is 0 Å². The molecule has 0 N–H and O–H groups in total. The zero-order valence-electron chi connectivity index (χ0n) is 11.9. The van der Waals surface area contributed by atoms with Crippen molar-refractivity contribution < 1.29 is 0 Å². The minimum atomic E-state index is 1.04. The fourth-order valence-corrected chi connectivity index (χ4v) is 2.40. The molecule has 0 aromatic heterocycles. The molecular formula is C15H25N3. The van der Waals surface area contributed by atoms with E-state index in [0.29, 0.717) is 0 Å². The maximum Gasteiger partial charge on any atom is 0.0412 e. The van der Waals surface area contributed by atoms with Crippen molar-refractivity contribution in [3.8, 4) is 0 Å². The minimum absolute atomic E-state index is 1.04. The van der Waals surface area contributed by atoms with E-state index in [4.69, 9.17) is 0 Å². The number of piperazine rings is 1. The van der Waals surface area contributed by atoms with E-state index >= 15 is 0 Å². The van der Waals surface area contributed by atoms with E-state index in [2.05, 4.69) is 60.0 Å². The molecule has 1 aliphatic rings.